The number of halogens is 1. The molecule has 0 radical (unpaired) electrons. The summed E-state index contributed by atoms with van der Waals surface area (Å²) in [7, 11) is 0. The summed E-state index contributed by atoms with van der Waals surface area (Å²) in [6.45, 7) is 0. The fraction of sp³-hybridized carbons (Fsp3) is 0.130. The topological polar surface area (TPSA) is 74.6 Å². The van der Waals surface area contributed by atoms with Crippen LogP contribution >= 0.6 is 15.9 Å². The normalized spacial score (nSPS) is 10.8. The van der Waals surface area contributed by atoms with Gasteiger partial charge in [0.1, 0.15) is 11.5 Å². The molecule has 0 bridgehead atoms. The molecule has 0 amide bonds. The van der Waals surface area contributed by atoms with E-state index in [0.717, 1.165) is 10.0 Å². The average Bonchev–Trinajstić information content (AvgIpc) is 2.68. The Kier molecular flexibility index (Phi) is 6.26. The van der Waals surface area contributed by atoms with Crippen LogP contribution in [-0.4, -0.2) is 21.8 Å². The summed E-state index contributed by atoms with van der Waals surface area (Å²) in [6, 6.07) is 20.2. The van der Waals surface area contributed by atoms with Crippen molar-refractivity contribution in [3.05, 3.63) is 94.0 Å². The van der Waals surface area contributed by atoms with Gasteiger partial charge in [0.05, 0.1) is 11.1 Å². The molecule has 0 spiro atoms. The van der Waals surface area contributed by atoms with E-state index < -0.39 is 0 Å². The van der Waals surface area contributed by atoms with E-state index in [4.69, 9.17) is 0 Å². The number of aromatic hydroxyl groups is 2. The van der Waals surface area contributed by atoms with Gasteiger partial charge in [0, 0.05) is 17.3 Å². The molecule has 0 saturated heterocycles. The first-order valence-electron chi connectivity index (χ1n) is 8.83. The molecule has 0 aliphatic carbocycles. The van der Waals surface area contributed by atoms with Crippen LogP contribution in [0.25, 0.3) is 0 Å². The molecule has 4 nitrogen and oxygen atoms in total. The number of para-hydroxylation sites is 2. The van der Waals surface area contributed by atoms with Crippen molar-refractivity contribution in [1.82, 2.24) is 0 Å². The number of Topliss-reactive ketones (excluding diaryl/α,β-unsaturated/α-hetero) is 2. The molecule has 5 heteroatoms. The third-order valence-corrected chi connectivity index (χ3v) is 5.14. The predicted molar refractivity (Wildman–Crippen MR) is 111 cm³/mol. The minimum atomic E-state index is -0.382. The zero-order valence-corrected chi connectivity index (χ0v) is 16.6. The van der Waals surface area contributed by atoms with Gasteiger partial charge < -0.3 is 10.2 Å². The highest BCUT2D eigenvalue weighted by molar-refractivity contribution is 9.10. The molecule has 142 valence electrons. The number of phenolic OH excluding ortho intramolecular Hbond substituents is 2. The molecule has 28 heavy (non-hydrogen) atoms. The molecule has 2 N–H and O–H groups in total. The van der Waals surface area contributed by atoms with Gasteiger partial charge in [-0.15, -0.1) is 0 Å². The molecule has 0 aliphatic heterocycles. The van der Waals surface area contributed by atoms with Crippen LogP contribution in [0.3, 0.4) is 0 Å². The van der Waals surface area contributed by atoms with E-state index in [1.54, 1.807) is 36.4 Å². The number of rotatable bonds is 7. The number of ketones is 2. The number of hydrogen-bond acceptors (Lipinski definition) is 4. The van der Waals surface area contributed by atoms with E-state index in [2.05, 4.69) is 15.9 Å². The number of benzene rings is 3. The highest BCUT2D eigenvalue weighted by Crippen LogP contribution is 2.31. The van der Waals surface area contributed by atoms with Crippen LogP contribution in [0.5, 0.6) is 11.5 Å². The predicted octanol–water partition coefficient (Wildman–Crippen LogP) is 5.49. The van der Waals surface area contributed by atoms with Crippen molar-refractivity contribution in [1.29, 1.82) is 0 Å². The molecule has 0 aliphatic rings. The highest BCUT2D eigenvalue weighted by atomic mass is 79.9. The van der Waals surface area contributed by atoms with E-state index in [9.17, 15) is 19.8 Å². The lowest BCUT2D eigenvalue weighted by Gasteiger charge is -2.17. The fourth-order valence-electron chi connectivity index (χ4n) is 3.13. The monoisotopic (exact) mass is 438 g/mol. The minimum absolute atomic E-state index is 0.0680. The molecule has 3 rings (SSSR count). The second-order valence-electron chi connectivity index (χ2n) is 6.54. The van der Waals surface area contributed by atoms with Gasteiger partial charge in [-0.25, -0.2) is 0 Å². The second-order valence-corrected chi connectivity index (χ2v) is 7.45. The SMILES string of the molecule is O=C(CC(CC(=O)c1ccccc1O)c1ccc(Br)cc1)c1ccccc1O. The largest absolute Gasteiger partial charge is 0.507 e. The number of phenols is 2. The Balaban J connectivity index is 1.88. The smallest absolute Gasteiger partial charge is 0.167 e. The minimum Gasteiger partial charge on any atom is -0.507 e. The number of hydrogen-bond donors (Lipinski definition) is 2. The number of carbonyl (C=O) groups is 2. The maximum absolute atomic E-state index is 12.8. The van der Waals surface area contributed by atoms with Crippen molar-refractivity contribution >= 4 is 27.5 Å². The standard InChI is InChI=1S/C23H19BrO4/c24-17-11-9-15(10-12-17)16(13-22(27)18-5-1-3-7-20(18)25)14-23(28)19-6-2-4-8-21(19)26/h1-12,16,25-26H,13-14H2. The Labute approximate surface area is 171 Å². The van der Waals surface area contributed by atoms with Gasteiger partial charge in [-0.2, -0.15) is 0 Å². The summed E-state index contributed by atoms with van der Waals surface area (Å²) in [6.07, 6.45) is 0.136. The van der Waals surface area contributed by atoms with Crippen LogP contribution in [0.4, 0.5) is 0 Å². The van der Waals surface area contributed by atoms with Gasteiger partial charge in [0.15, 0.2) is 11.6 Å². The fourth-order valence-corrected chi connectivity index (χ4v) is 3.39. The van der Waals surface area contributed by atoms with Gasteiger partial charge in [-0.3, -0.25) is 9.59 Å². The van der Waals surface area contributed by atoms with Crippen LogP contribution in [0.15, 0.2) is 77.3 Å². The lowest BCUT2D eigenvalue weighted by atomic mass is 9.86. The first kappa shape index (κ1) is 19.8. The summed E-state index contributed by atoms with van der Waals surface area (Å²) in [5.41, 5.74) is 1.31. The van der Waals surface area contributed by atoms with Crippen LogP contribution in [0.1, 0.15) is 45.0 Å². The molecule has 3 aromatic rings. The summed E-state index contributed by atoms with van der Waals surface area (Å²) in [5.74, 6) is -1.01. The van der Waals surface area contributed by atoms with Crippen LogP contribution in [-0.2, 0) is 0 Å². The second kappa shape index (κ2) is 8.85. The zero-order valence-electron chi connectivity index (χ0n) is 15.0. The third kappa shape index (κ3) is 4.67. The lowest BCUT2D eigenvalue weighted by molar-refractivity contribution is 0.0942. The molecule has 0 unspecified atom stereocenters. The Morgan fingerprint density at radius 3 is 1.57 bits per heavy atom. The molecular formula is C23H19BrO4. The Morgan fingerprint density at radius 1 is 0.714 bits per heavy atom. The Morgan fingerprint density at radius 2 is 1.14 bits per heavy atom. The van der Waals surface area contributed by atoms with E-state index in [1.165, 1.54) is 12.1 Å². The Bertz CT molecular complexity index is 936. The first-order chi connectivity index (χ1) is 13.5. The van der Waals surface area contributed by atoms with E-state index in [-0.39, 0.29) is 53.0 Å². The summed E-state index contributed by atoms with van der Waals surface area (Å²) in [4.78, 5) is 25.5. The summed E-state index contributed by atoms with van der Waals surface area (Å²) in [5, 5.41) is 19.9. The van der Waals surface area contributed by atoms with Gasteiger partial charge in [0.2, 0.25) is 0 Å². The molecule has 3 aromatic carbocycles. The quantitative estimate of drug-likeness (QED) is 0.478. The highest BCUT2D eigenvalue weighted by Gasteiger charge is 2.23. The summed E-state index contributed by atoms with van der Waals surface area (Å²) >= 11 is 3.39. The maximum atomic E-state index is 12.8. The first-order valence-corrected chi connectivity index (χ1v) is 9.63. The molecule has 0 aromatic heterocycles. The molecule has 0 fully saturated rings. The van der Waals surface area contributed by atoms with Crippen molar-refractivity contribution in [2.75, 3.05) is 0 Å². The third-order valence-electron chi connectivity index (χ3n) is 4.61. The van der Waals surface area contributed by atoms with Crippen molar-refractivity contribution in [2.24, 2.45) is 0 Å². The van der Waals surface area contributed by atoms with Gasteiger partial charge in [-0.05, 0) is 47.9 Å². The molecule has 0 saturated carbocycles. The number of carbonyl (C=O) groups excluding carboxylic acids is 2. The van der Waals surface area contributed by atoms with Gasteiger partial charge in [-0.1, -0.05) is 52.3 Å². The van der Waals surface area contributed by atoms with Gasteiger partial charge in [0.25, 0.3) is 0 Å². The lowest BCUT2D eigenvalue weighted by Crippen LogP contribution is -2.13. The maximum Gasteiger partial charge on any atom is 0.167 e. The van der Waals surface area contributed by atoms with Crippen LogP contribution in [0, 0.1) is 0 Å². The van der Waals surface area contributed by atoms with Gasteiger partial charge >= 0.3 is 0 Å². The van der Waals surface area contributed by atoms with Crippen molar-refractivity contribution < 1.29 is 19.8 Å². The molecular weight excluding hydrogens is 420 g/mol. The van der Waals surface area contributed by atoms with E-state index >= 15 is 0 Å². The summed E-state index contributed by atoms with van der Waals surface area (Å²) < 4.78 is 0.897. The van der Waals surface area contributed by atoms with Crippen molar-refractivity contribution in [3.8, 4) is 11.5 Å². The zero-order chi connectivity index (χ0) is 20.1. The van der Waals surface area contributed by atoms with Crippen LogP contribution in [0.2, 0.25) is 0 Å². The average molecular weight is 439 g/mol. The van der Waals surface area contributed by atoms with Crippen molar-refractivity contribution in [2.45, 2.75) is 18.8 Å². The van der Waals surface area contributed by atoms with Crippen LogP contribution < -0.4 is 0 Å². The van der Waals surface area contributed by atoms with E-state index in [1.807, 2.05) is 24.3 Å². The van der Waals surface area contributed by atoms with Crippen molar-refractivity contribution in [3.63, 3.8) is 0 Å². The molecule has 0 heterocycles. The molecule has 0 atom stereocenters. The Hall–Kier alpha value is -2.92. The van der Waals surface area contributed by atoms with E-state index in [0.29, 0.717) is 0 Å².